The lowest BCUT2D eigenvalue weighted by Gasteiger charge is -2.66. The van der Waals surface area contributed by atoms with Gasteiger partial charge in [0.1, 0.15) is 13.2 Å². The minimum Gasteiger partial charge on any atom is -0.463 e. The molecule has 0 N–H and O–H groups in total. The second-order valence-corrected chi connectivity index (χ2v) is 21.1. The summed E-state index contributed by atoms with van der Waals surface area (Å²) in [4.78, 5) is 37.8. The molecule has 334 valence electrons. The number of esters is 3. The minimum atomic E-state index is -0.912. The third-order valence-electron chi connectivity index (χ3n) is 16.6. The SMILES string of the molecule is CCC(=O)OCCOCCOCCOC(=O)C(C)(CC)CC(C)(C)C(=O)OCOC1CC[C@@]2(C)C(=CC[C@H]3[C@]4(C)CC[C@](C)([C@H](C)CCCC(C)C)[C@H]4CC[C@@]32C)C1. The second kappa shape index (κ2) is 20.3. The highest BCUT2D eigenvalue weighted by Crippen LogP contribution is 2.75. The van der Waals surface area contributed by atoms with E-state index in [4.69, 9.17) is 28.4 Å². The molecule has 4 aliphatic rings. The molecule has 0 bridgehead atoms. The Kier molecular flexibility index (Phi) is 17.0. The van der Waals surface area contributed by atoms with Crippen LogP contribution < -0.4 is 0 Å². The van der Waals surface area contributed by atoms with Gasteiger partial charge in [0, 0.05) is 6.42 Å². The van der Waals surface area contributed by atoms with E-state index in [1.807, 2.05) is 27.7 Å². The second-order valence-electron chi connectivity index (χ2n) is 21.1. The normalized spacial score (nSPS) is 32.3. The molecule has 9 heteroatoms. The maximum absolute atomic E-state index is 13.4. The van der Waals surface area contributed by atoms with Crippen molar-refractivity contribution >= 4 is 17.9 Å². The Morgan fingerprint density at radius 2 is 1.43 bits per heavy atom. The van der Waals surface area contributed by atoms with Gasteiger partial charge in [0.05, 0.1) is 43.4 Å². The highest BCUT2D eigenvalue weighted by Gasteiger charge is 2.67. The van der Waals surface area contributed by atoms with Crippen LogP contribution >= 0.6 is 0 Å². The van der Waals surface area contributed by atoms with Gasteiger partial charge in [-0.1, -0.05) is 93.2 Å². The molecule has 4 rings (SSSR count). The van der Waals surface area contributed by atoms with Gasteiger partial charge in [-0.2, -0.15) is 0 Å². The van der Waals surface area contributed by atoms with Crippen molar-refractivity contribution in [1.29, 1.82) is 0 Å². The van der Waals surface area contributed by atoms with Crippen LogP contribution in [0.5, 0.6) is 0 Å². The molecule has 0 radical (unpaired) electrons. The summed E-state index contributed by atoms with van der Waals surface area (Å²) in [5.41, 5.74) is 1.05. The number of allylic oxidation sites excluding steroid dienone is 1. The van der Waals surface area contributed by atoms with Crippen LogP contribution in [0.3, 0.4) is 0 Å². The third kappa shape index (κ3) is 10.7. The average molecular weight is 817 g/mol. The molecule has 9 nitrogen and oxygen atoms in total. The number of carbonyl (C=O) groups is 3. The molecular formula is C49H84O9. The van der Waals surface area contributed by atoms with Crippen LogP contribution in [0.15, 0.2) is 11.6 Å². The van der Waals surface area contributed by atoms with Crippen LogP contribution in [0, 0.1) is 56.2 Å². The van der Waals surface area contributed by atoms with Crippen LogP contribution in [-0.2, 0) is 42.8 Å². The quantitative estimate of drug-likeness (QED) is 0.0327. The Bertz CT molecular complexity index is 1410. The van der Waals surface area contributed by atoms with E-state index in [1.165, 1.54) is 51.4 Å². The van der Waals surface area contributed by atoms with Gasteiger partial charge in [-0.15, -0.1) is 0 Å². The van der Waals surface area contributed by atoms with Gasteiger partial charge in [0.25, 0.3) is 0 Å². The van der Waals surface area contributed by atoms with Gasteiger partial charge in [-0.25, -0.2) is 0 Å². The number of ether oxygens (including phenoxy) is 6. The molecule has 4 aliphatic carbocycles. The van der Waals surface area contributed by atoms with Gasteiger partial charge in [-0.05, 0) is 130 Å². The Morgan fingerprint density at radius 3 is 2.07 bits per heavy atom. The molecule has 2 unspecified atom stereocenters. The van der Waals surface area contributed by atoms with E-state index in [-0.39, 0.29) is 67.9 Å². The van der Waals surface area contributed by atoms with E-state index in [2.05, 4.69) is 54.5 Å². The van der Waals surface area contributed by atoms with Crippen LogP contribution in [0.1, 0.15) is 173 Å². The highest BCUT2D eigenvalue weighted by molar-refractivity contribution is 5.80. The third-order valence-corrected chi connectivity index (χ3v) is 16.6. The first kappa shape index (κ1) is 48.7. The maximum Gasteiger partial charge on any atom is 0.313 e. The van der Waals surface area contributed by atoms with Crippen LogP contribution in [-0.4, -0.2) is 70.4 Å². The van der Waals surface area contributed by atoms with Gasteiger partial charge < -0.3 is 28.4 Å². The molecule has 0 aromatic carbocycles. The van der Waals surface area contributed by atoms with E-state index < -0.39 is 10.8 Å². The van der Waals surface area contributed by atoms with Crippen molar-refractivity contribution in [2.75, 3.05) is 46.4 Å². The Balaban J connectivity index is 1.23. The fourth-order valence-corrected chi connectivity index (χ4v) is 12.3. The fourth-order valence-electron chi connectivity index (χ4n) is 12.3. The average Bonchev–Trinajstić information content (AvgIpc) is 3.45. The molecule has 3 fully saturated rings. The number of carbonyl (C=O) groups excluding carboxylic acids is 3. The van der Waals surface area contributed by atoms with Gasteiger partial charge >= 0.3 is 17.9 Å². The predicted molar refractivity (Wildman–Crippen MR) is 229 cm³/mol. The Morgan fingerprint density at radius 1 is 0.776 bits per heavy atom. The molecule has 58 heavy (non-hydrogen) atoms. The Hall–Kier alpha value is -1.97. The van der Waals surface area contributed by atoms with Crippen LogP contribution in [0.2, 0.25) is 0 Å². The summed E-state index contributed by atoms with van der Waals surface area (Å²) in [7, 11) is 0. The number of hydrogen-bond donors (Lipinski definition) is 0. The van der Waals surface area contributed by atoms with Crippen molar-refractivity contribution < 1.29 is 42.8 Å². The van der Waals surface area contributed by atoms with Crippen molar-refractivity contribution in [3.63, 3.8) is 0 Å². The zero-order valence-corrected chi connectivity index (χ0v) is 39.0. The molecule has 3 saturated carbocycles. The summed E-state index contributed by atoms with van der Waals surface area (Å²) in [6.07, 6.45) is 17.4. The van der Waals surface area contributed by atoms with Crippen molar-refractivity contribution in [1.82, 2.24) is 0 Å². The fraction of sp³-hybridized carbons (Fsp3) is 0.898. The molecule has 0 aromatic rings. The Labute approximate surface area is 353 Å². The standard InChI is InChI=1S/C49H84O9/c1-13-41(50)55-30-28-53-26-27-54-29-31-56-43(52)45(8,14-2)33-44(6,7)42(51)58-34-57-38-20-22-48(11)37(32-38)18-19-40-47(10)25-24-46(9,36(5)17-15-16-35(3)4)39(47)21-23-49(40,48)12/h18,35-36,38-40H,13-17,19-34H2,1-12H3/t36-,38?,39-,40+,45?,46-,47-,48+,49+/m1/s1. The number of hydrogen-bond acceptors (Lipinski definition) is 9. The van der Waals surface area contributed by atoms with Crippen LogP contribution in [0.25, 0.3) is 0 Å². The molecule has 0 heterocycles. The molecule has 0 aromatic heterocycles. The summed E-state index contributed by atoms with van der Waals surface area (Å²) >= 11 is 0. The van der Waals surface area contributed by atoms with Gasteiger partial charge in [0.15, 0.2) is 6.79 Å². The molecule has 0 spiro atoms. The van der Waals surface area contributed by atoms with Crippen molar-refractivity contribution in [2.45, 2.75) is 179 Å². The lowest BCUT2D eigenvalue weighted by molar-refractivity contribution is -0.178. The van der Waals surface area contributed by atoms with E-state index in [1.54, 1.807) is 12.5 Å². The van der Waals surface area contributed by atoms with E-state index in [9.17, 15) is 14.4 Å². The summed E-state index contributed by atoms with van der Waals surface area (Å²) in [6.45, 7) is 28.5. The predicted octanol–water partition coefficient (Wildman–Crippen LogP) is 11.1. The number of rotatable bonds is 23. The zero-order chi connectivity index (χ0) is 43.0. The van der Waals surface area contributed by atoms with E-state index >= 15 is 0 Å². The zero-order valence-electron chi connectivity index (χ0n) is 39.0. The first-order valence-electron chi connectivity index (χ1n) is 23.2. The molecule has 9 atom stereocenters. The monoisotopic (exact) mass is 817 g/mol. The molecule has 0 saturated heterocycles. The lowest BCUT2D eigenvalue weighted by atomic mass is 9.39. The van der Waals surface area contributed by atoms with Crippen LogP contribution in [0.4, 0.5) is 0 Å². The van der Waals surface area contributed by atoms with E-state index in [0.29, 0.717) is 49.4 Å². The highest BCUT2D eigenvalue weighted by atomic mass is 16.7. The van der Waals surface area contributed by atoms with E-state index in [0.717, 1.165) is 37.0 Å². The summed E-state index contributed by atoms with van der Waals surface area (Å²) < 4.78 is 33.5. The van der Waals surface area contributed by atoms with Crippen molar-refractivity contribution in [2.24, 2.45) is 56.2 Å². The largest absolute Gasteiger partial charge is 0.463 e. The maximum atomic E-state index is 13.4. The number of fused-ring (bicyclic) bond motifs is 5. The summed E-state index contributed by atoms with van der Waals surface area (Å²) in [6, 6.07) is 0. The van der Waals surface area contributed by atoms with Gasteiger partial charge in [0.2, 0.25) is 0 Å². The molecular weight excluding hydrogens is 733 g/mol. The summed E-state index contributed by atoms with van der Waals surface area (Å²) in [5, 5.41) is 0. The van der Waals surface area contributed by atoms with Gasteiger partial charge in [-0.3, -0.25) is 14.4 Å². The first-order chi connectivity index (χ1) is 27.2. The van der Waals surface area contributed by atoms with Crippen molar-refractivity contribution in [3.8, 4) is 0 Å². The first-order valence-corrected chi connectivity index (χ1v) is 23.2. The minimum absolute atomic E-state index is 0.0268. The smallest absolute Gasteiger partial charge is 0.313 e. The summed E-state index contributed by atoms with van der Waals surface area (Å²) in [5.74, 6) is 2.09. The molecule has 0 amide bonds. The molecule has 0 aliphatic heterocycles. The lowest BCUT2D eigenvalue weighted by Crippen LogP contribution is -2.58. The van der Waals surface area contributed by atoms with Crippen molar-refractivity contribution in [3.05, 3.63) is 11.6 Å². The topological polar surface area (TPSA) is 107 Å².